The van der Waals surface area contributed by atoms with Crippen LogP contribution in [0.2, 0.25) is 0 Å². The molecule has 6 atom stereocenters. The molecule has 0 bridgehead atoms. The molecular weight excluding hydrogens is 404 g/mol. The van der Waals surface area contributed by atoms with Gasteiger partial charge in [0.2, 0.25) is 0 Å². The van der Waals surface area contributed by atoms with Gasteiger partial charge in [-0.1, -0.05) is 60.5 Å². The van der Waals surface area contributed by atoms with E-state index in [9.17, 15) is 4.79 Å². The number of ketones is 1. The molecule has 0 N–H and O–H groups in total. The number of hydrogen-bond donors (Lipinski definition) is 0. The van der Waals surface area contributed by atoms with Crippen LogP contribution >= 0.6 is 0 Å². The molecule has 4 aliphatic rings. The third-order valence-electron chi connectivity index (χ3n) is 9.99. The Hall–Kier alpha value is -2.35. The van der Waals surface area contributed by atoms with Crippen LogP contribution in [0.4, 0.5) is 0 Å². The van der Waals surface area contributed by atoms with E-state index in [-0.39, 0.29) is 5.92 Å². The van der Waals surface area contributed by atoms with Crippen LogP contribution in [0.15, 0.2) is 65.7 Å². The van der Waals surface area contributed by atoms with Crippen molar-refractivity contribution in [1.29, 1.82) is 0 Å². The van der Waals surface area contributed by atoms with Gasteiger partial charge in [0.1, 0.15) is 11.5 Å². The Balaban J connectivity index is 1.30. The third-order valence-corrected chi connectivity index (χ3v) is 9.99. The largest absolute Gasteiger partial charge is 0.497 e. The molecule has 2 aromatic carbocycles. The zero-order valence-electron chi connectivity index (χ0n) is 20.1. The molecule has 172 valence electrons. The van der Waals surface area contributed by atoms with Gasteiger partial charge in [-0.2, -0.15) is 0 Å². The Morgan fingerprint density at radius 3 is 2.39 bits per heavy atom. The van der Waals surface area contributed by atoms with Gasteiger partial charge in [0.25, 0.3) is 0 Å². The minimum absolute atomic E-state index is 0.0765. The van der Waals surface area contributed by atoms with Gasteiger partial charge in [-0.15, -0.1) is 0 Å². The Morgan fingerprint density at radius 1 is 0.848 bits per heavy atom. The smallest absolute Gasteiger partial charge is 0.141 e. The average molecular weight is 441 g/mol. The van der Waals surface area contributed by atoms with Crippen molar-refractivity contribution < 1.29 is 9.53 Å². The summed E-state index contributed by atoms with van der Waals surface area (Å²) in [5.41, 5.74) is 6.57. The van der Waals surface area contributed by atoms with E-state index in [1.165, 1.54) is 49.7 Å². The molecule has 2 unspecified atom stereocenters. The Labute approximate surface area is 198 Å². The van der Waals surface area contributed by atoms with Gasteiger partial charge in [0, 0.05) is 12.3 Å². The Morgan fingerprint density at radius 2 is 1.64 bits per heavy atom. The summed E-state index contributed by atoms with van der Waals surface area (Å²) >= 11 is 0. The number of fused-ring (bicyclic) bond motifs is 4. The highest BCUT2D eigenvalue weighted by Gasteiger charge is 2.54. The monoisotopic (exact) mass is 440 g/mol. The van der Waals surface area contributed by atoms with Gasteiger partial charge in [-0.25, -0.2) is 0 Å². The molecule has 33 heavy (non-hydrogen) atoms. The van der Waals surface area contributed by atoms with Crippen LogP contribution in [-0.4, -0.2) is 12.9 Å². The first-order chi connectivity index (χ1) is 16.1. The highest BCUT2D eigenvalue weighted by atomic mass is 16.5. The van der Waals surface area contributed by atoms with Gasteiger partial charge in [-0.3, -0.25) is 4.79 Å². The molecule has 0 aliphatic heterocycles. The van der Waals surface area contributed by atoms with E-state index in [4.69, 9.17) is 4.74 Å². The van der Waals surface area contributed by atoms with Gasteiger partial charge >= 0.3 is 0 Å². The van der Waals surface area contributed by atoms with E-state index >= 15 is 0 Å². The zero-order chi connectivity index (χ0) is 22.6. The van der Waals surface area contributed by atoms with Crippen molar-refractivity contribution in [2.45, 2.75) is 70.1 Å². The lowest BCUT2D eigenvalue weighted by Crippen LogP contribution is -2.41. The number of methoxy groups -OCH3 is 1. The third kappa shape index (κ3) is 3.40. The van der Waals surface area contributed by atoms with Crippen molar-refractivity contribution in [3.05, 3.63) is 76.9 Å². The van der Waals surface area contributed by atoms with E-state index in [2.05, 4.69) is 61.5 Å². The van der Waals surface area contributed by atoms with Gasteiger partial charge < -0.3 is 4.74 Å². The standard InChI is InChI=1S/C31H36O2/c1-31-17-16-24-25(29(31)15-14-28(31)21-8-11-23(33-2)12-9-21)13-10-22-18-30(32)27(19-26(22)24)20-6-4-3-5-7-20/h3-9,11-12,22,25,27-29H,10,13-19H2,1-2H3/t22?,25-,27?,28+,29+,31-/m1/s1. The number of Topliss-reactive ketones (excluding diaryl/α,β-unsaturated/α-hetero) is 1. The minimum atomic E-state index is 0.0765. The lowest BCUT2D eigenvalue weighted by atomic mass is 9.54. The highest BCUT2D eigenvalue weighted by Crippen LogP contribution is 2.65. The van der Waals surface area contributed by atoms with Crippen molar-refractivity contribution in [3.63, 3.8) is 0 Å². The predicted octanol–water partition coefficient (Wildman–Crippen LogP) is 7.46. The van der Waals surface area contributed by atoms with Crippen LogP contribution in [0, 0.1) is 23.2 Å². The second-order valence-corrected chi connectivity index (χ2v) is 11.3. The summed E-state index contributed by atoms with van der Waals surface area (Å²) in [6.45, 7) is 2.59. The minimum Gasteiger partial charge on any atom is -0.497 e. The highest BCUT2D eigenvalue weighted by molar-refractivity contribution is 5.88. The van der Waals surface area contributed by atoms with Crippen LogP contribution in [0.25, 0.3) is 0 Å². The van der Waals surface area contributed by atoms with Crippen molar-refractivity contribution >= 4 is 5.78 Å². The first kappa shape index (κ1) is 21.2. The Bertz CT molecular complexity index is 1070. The van der Waals surface area contributed by atoms with Crippen molar-refractivity contribution in [2.24, 2.45) is 23.2 Å². The summed E-state index contributed by atoms with van der Waals surface area (Å²) in [6, 6.07) is 19.4. The number of benzene rings is 2. The van der Waals surface area contributed by atoms with E-state index in [1.54, 1.807) is 18.3 Å². The average Bonchev–Trinajstić information content (AvgIpc) is 3.21. The lowest BCUT2D eigenvalue weighted by molar-refractivity contribution is -0.122. The number of carbonyl (C=O) groups is 1. The molecule has 2 nitrogen and oxygen atoms in total. The second kappa shape index (κ2) is 8.15. The van der Waals surface area contributed by atoms with Crippen LogP contribution in [-0.2, 0) is 4.79 Å². The van der Waals surface area contributed by atoms with Crippen molar-refractivity contribution in [1.82, 2.24) is 0 Å². The first-order valence-corrected chi connectivity index (χ1v) is 13.0. The molecule has 0 spiro atoms. The maximum atomic E-state index is 13.1. The fourth-order valence-corrected chi connectivity index (χ4v) is 8.32. The van der Waals surface area contributed by atoms with E-state index < -0.39 is 0 Å². The molecule has 0 heterocycles. The Kier molecular flexibility index (Phi) is 5.24. The maximum Gasteiger partial charge on any atom is 0.141 e. The lowest BCUT2D eigenvalue weighted by Gasteiger charge is -2.51. The van der Waals surface area contributed by atoms with Crippen molar-refractivity contribution in [2.75, 3.05) is 7.11 Å². The van der Waals surface area contributed by atoms with Crippen LogP contribution < -0.4 is 4.74 Å². The zero-order valence-corrected chi connectivity index (χ0v) is 20.1. The number of ether oxygens (including phenoxy) is 1. The summed E-state index contributed by atoms with van der Waals surface area (Å²) in [6.07, 6.45) is 9.44. The number of hydrogen-bond acceptors (Lipinski definition) is 2. The van der Waals surface area contributed by atoms with Gasteiger partial charge in [0.15, 0.2) is 0 Å². The molecule has 2 aromatic rings. The first-order valence-electron chi connectivity index (χ1n) is 13.0. The molecule has 6 rings (SSSR count). The molecule has 3 saturated carbocycles. The molecule has 0 radical (unpaired) electrons. The summed E-state index contributed by atoms with van der Waals surface area (Å²) < 4.78 is 5.40. The number of allylic oxidation sites excluding steroid dienone is 2. The number of rotatable bonds is 3. The fraction of sp³-hybridized carbons (Fsp3) is 0.516. The summed E-state index contributed by atoms with van der Waals surface area (Å²) in [5.74, 6) is 4.20. The molecule has 0 amide bonds. The van der Waals surface area contributed by atoms with E-state index in [1.807, 2.05) is 0 Å². The quantitative estimate of drug-likeness (QED) is 0.463. The molecule has 3 fully saturated rings. The predicted molar refractivity (Wildman–Crippen MR) is 132 cm³/mol. The van der Waals surface area contributed by atoms with E-state index in [0.717, 1.165) is 30.4 Å². The normalized spacial score (nSPS) is 35.6. The molecule has 0 saturated heterocycles. The molecule has 2 heteroatoms. The molecule has 4 aliphatic carbocycles. The summed E-state index contributed by atoms with van der Waals surface area (Å²) in [5, 5.41) is 0. The molecule has 0 aromatic heterocycles. The maximum absolute atomic E-state index is 13.1. The molecular formula is C31H36O2. The van der Waals surface area contributed by atoms with Gasteiger partial charge in [-0.05, 0) is 97.3 Å². The summed E-state index contributed by atoms with van der Waals surface area (Å²) in [7, 11) is 1.75. The number of carbonyl (C=O) groups excluding carboxylic acids is 1. The SMILES string of the molecule is COc1ccc([C@@H]2CC[C@H]3[C@@H]4CCC5CC(=O)C(c6ccccc6)CC5=C4CC[C@]23C)cc1. The van der Waals surface area contributed by atoms with Crippen molar-refractivity contribution in [3.8, 4) is 5.75 Å². The van der Waals surface area contributed by atoms with E-state index in [0.29, 0.717) is 23.0 Å². The van der Waals surface area contributed by atoms with Crippen LogP contribution in [0.1, 0.15) is 81.3 Å². The summed E-state index contributed by atoms with van der Waals surface area (Å²) in [4.78, 5) is 13.1. The van der Waals surface area contributed by atoms with Crippen LogP contribution in [0.3, 0.4) is 0 Å². The topological polar surface area (TPSA) is 26.3 Å². The fourth-order valence-electron chi connectivity index (χ4n) is 8.32. The van der Waals surface area contributed by atoms with Gasteiger partial charge in [0.05, 0.1) is 7.11 Å². The second-order valence-electron chi connectivity index (χ2n) is 11.3. The van der Waals surface area contributed by atoms with Crippen LogP contribution in [0.5, 0.6) is 5.75 Å².